The first-order valence-corrected chi connectivity index (χ1v) is 7.84. The van der Waals surface area contributed by atoms with Gasteiger partial charge in [-0.1, -0.05) is 0 Å². The van der Waals surface area contributed by atoms with Crippen LogP contribution in [0, 0.1) is 5.92 Å². The number of likely N-dealkylation sites (N-methyl/N-ethyl adjacent to an activating group) is 1. The monoisotopic (exact) mass is 274 g/mol. The summed E-state index contributed by atoms with van der Waals surface area (Å²) in [6, 6.07) is 2.80. The number of aromatic nitrogens is 2. The highest BCUT2D eigenvalue weighted by Crippen LogP contribution is 2.37. The summed E-state index contributed by atoms with van der Waals surface area (Å²) in [5.74, 6) is 1.99. The summed E-state index contributed by atoms with van der Waals surface area (Å²) in [5.41, 5.74) is 0. The Morgan fingerprint density at radius 1 is 1.26 bits per heavy atom. The Kier molecular flexibility index (Phi) is 2.70. The molecule has 0 aromatic carbocycles. The van der Waals surface area contributed by atoms with E-state index in [1.807, 2.05) is 0 Å². The predicted molar refractivity (Wildman–Crippen MR) is 78.8 cm³/mol. The van der Waals surface area contributed by atoms with Crippen LogP contribution in [-0.2, 0) is 0 Å². The number of rotatable bonds is 1. The largest absolute Gasteiger partial charge is 0.351 e. The molecule has 2 aromatic heterocycles. The summed E-state index contributed by atoms with van der Waals surface area (Å²) in [7, 11) is 2.23. The van der Waals surface area contributed by atoms with E-state index in [2.05, 4.69) is 38.3 Å². The minimum atomic E-state index is 0.636. The topological polar surface area (TPSA) is 32.3 Å². The van der Waals surface area contributed by atoms with Gasteiger partial charge >= 0.3 is 0 Å². The lowest BCUT2D eigenvalue weighted by Gasteiger charge is -2.37. The molecule has 2 aliphatic rings. The fourth-order valence-electron chi connectivity index (χ4n) is 3.57. The molecule has 0 spiro atoms. The van der Waals surface area contributed by atoms with Crippen molar-refractivity contribution in [3.05, 3.63) is 17.8 Å². The maximum absolute atomic E-state index is 4.58. The van der Waals surface area contributed by atoms with Crippen molar-refractivity contribution < 1.29 is 0 Å². The maximum Gasteiger partial charge on any atom is 0.141 e. The standard InChI is InChI=1S/C14H18N4S/c1-17-5-2-10-3-6-18(12(10)8-17)13-11-4-7-19-14(11)16-9-15-13/h4,7,9-10,12H,2-3,5-6,8H2,1H3/t10-,12+/m0/s1. The molecule has 100 valence electrons. The highest BCUT2D eigenvalue weighted by molar-refractivity contribution is 7.16. The zero-order valence-corrected chi connectivity index (χ0v) is 11.9. The van der Waals surface area contributed by atoms with Crippen molar-refractivity contribution in [3.8, 4) is 0 Å². The van der Waals surface area contributed by atoms with Gasteiger partial charge in [0.05, 0.1) is 5.39 Å². The smallest absolute Gasteiger partial charge is 0.141 e. The molecule has 4 nitrogen and oxygen atoms in total. The average molecular weight is 274 g/mol. The summed E-state index contributed by atoms with van der Waals surface area (Å²) in [5, 5.41) is 3.34. The number of hydrogen-bond donors (Lipinski definition) is 0. The first kappa shape index (κ1) is 11.6. The van der Waals surface area contributed by atoms with Crippen LogP contribution in [0.4, 0.5) is 5.82 Å². The molecule has 2 aliphatic heterocycles. The molecule has 0 amide bonds. The summed E-state index contributed by atoms with van der Waals surface area (Å²) in [6.07, 6.45) is 4.36. The highest BCUT2D eigenvalue weighted by atomic mass is 32.1. The van der Waals surface area contributed by atoms with Crippen LogP contribution in [-0.4, -0.2) is 47.6 Å². The van der Waals surface area contributed by atoms with Gasteiger partial charge in [-0.25, -0.2) is 9.97 Å². The van der Waals surface area contributed by atoms with Crippen LogP contribution in [0.1, 0.15) is 12.8 Å². The summed E-state index contributed by atoms with van der Waals surface area (Å²) < 4.78 is 0. The van der Waals surface area contributed by atoms with Crippen molar-refractivity contribution in [2.24, 2.45) is 5.92 Å². The average Bonchev–Trinajstić information content (AvgIpc) is 3.03. The second-order valence-electron chi connectivity index (χ2n) is 5.70. The second-order valence-corrected chi connectivity index (χ2v) is 6.59. The molecular weight excluding hydrogens is 256 g/mol. The molecule has 2 aromatic rings. The van der Waals surface area contributed by atoms with E-state index < -0.39 is 0 Å². The molecule has 2 atom stereocenters. The Labute approximate surface area is 117 Å². The van der Waals surface area contributed by atoms with E-state index in [1.54, 1.807) is 17.7 Å². The quantitative estimate of drug-likeness (QED) is 0.798. The van der Waals surface area contributed by atoms with Gasteiger partial charge in [-0.2, -0.15) is 0 Å². The third kappa shape index (κ3) is 1.83. The lowest BCUT2D eigenvalue weighted by atomic mass is 9.92. The van der Waals surface area contributed by atoms with Crippen molar-refractivity contribution >= 4 is 27.4 Å². The molecular formula is C14H18N4S. The number of anilines is 1. The predicted octanol–water partition coefficient (Wildman–Crippen LogP) is 2.22. The minimum Gasteiger partial charge on any atom is -0.351 e. The first-order valence-electron chi connectivity index (χ1n) is 6.96. The third-order valence-electron chi connectivity index (χ3n) is 4.58. The van der Waals surface area contributed by atoms with E-state index in [0.717, 1.165) is 23.1 Å². The van der Waals surface area contributed by atoms with Gasteiger partial charge in [0.2, 0.25) is 0 Å². The SMILES string of the molecule is CN1CC[C@H]2CCN(c3ncnc4sccc34)[C@@H]2C1. The van der Waals surface area contributed by atoms with Crippen LogP contribution < -0.4 is 4.90 Å². The van der Waals surface area contributed by atoms with Gasteiger partial charge in [-0.3, -0.25) is 0 Å². The van der Waals surface area contributed by atoms with E-state index in [1.165, 1.54) is 31.3 Å². The van der Waals surface area contributed by atoms with Crippen LogP contribution in [0.5, 0.6) is 0 Å². The fourth-order valence-corrected chi connectivity index (χ4v) is 4.29. The van der Waals surface area contributed by atoms with E-state index in [0.29, 0.717) is 6.04 Å². The zero-order chi connectivity index (χ0) is 12.8. The number of thiophene rings is 1. The van der Waals surface area contributed by atoms with Gasteiger partial charge in [0, 0.05) is 19.1 Å². The minimum absolute atomic E-state index is 0.636. The van der Waals surface area contributed by atoms with E-state index >= 15 is 0 Å². The van der Waals surface area contributed by atoms with Crippen molar-refractivity contribution in [3.63, 3.8) is 0 Å². The Bertz CT molecular complexity index is 596. The molecule has 0 unspecified atom stereocenters. The number of fused-ring (bicyclic) bond motifs is 2. The Balaban J connectivity index is 1.74. The molecule has 0 radical (unpaired) electrons. The third-order valence-corrected chi connectivity index (χ3v) is 5.40. The molecule has 2 fully saturated rings. The van der Waals surface area contributed by atoms with Gasteiger partial charge in [-0.15, -0.1) is 11.3 Å². The van der Waals surface area contributed by atoms with Crippen molar-refractivity contribution in [2.75, 3.05) is 31.6 Å². The number of hydrogen-bond acceptors (Lipinski definition) is 5. The summed E-state index contributed by atoms with van der Waals surface area (Å²) in [4.78, 5) is 15.0. The molecule has 19 heavy (non-hydrogen) atoms. The van der Waals surface area contributed by atoms with Gasteiger partial charge < -0.3 is 9.80 Å². The molecule has 0 aliphatic carbocycles. The molecule has 0 N–H and O–H groups in total. The normalized spacial score (nSPS) is 27.9. The molecule has 0 saturated carbocycles. The molecule has 2 saturated heterocycles. The lowest BCUT2D eigenvalue weighted by Crippen LogP contribution is -2.47. The van der Waals surface area contributed by atoms with Crippen molar-refractivity contribution in [1.29, 1.82) is 0 Å². The first-order chi connectivity index (χ1) is 9.33. The molecule has 5 heteroatoms. The molecule has 4 heterocycles. The van der Waals surface area contributed by atoms with Crippen LogP contribution in [0.3, 0.4) is 0 Å². The van der Waals surface area contributed by atoms with Gasteiger partial charge in [0.15, 0.2) is 0 Å². The van der Waals surface area contributed by atoms with Gasteiger partial charge in [0.1, 0.15) is 17.0 Å². The van der Waals surface area contributed by atoms with Crippen LogP contribution in [0.25, 0.3) is 10.2 Å². The second kappa shape index (κ2) is 4.42. The van der Waals surface area contributed by atoms with Gasteiger partial charge in [0.25, 0.3) is 0 Å². The Morgan fingerprint density at radius 2 is 2.16 bits per heavy atom. The van der Waals surface area contributed by atoms with Gasteiger partial charge in [-0.05, 0) is 43.8 Å². The van der Waals surface area contributed by atoms with E-state index in [9.17, 15) is 0 Å². The summed E-state index contributed by atoms with van der Waals surface area (Å²) in [6.45, 7) is 3.55. The molecule has 0 bridgehead atoms. The lowest BCUT2D eigenvalue weighted by molar-refractivity contribution is 0.208. The number of likely N-dealkylation sites (tertiary alicyclic amines) is 1. The number of piperidine rings is 1. The Hall–Kier alpha value is -1.20. The fraction of sp³-hybridized carbons (Fsp3) is 0.571. The van der Waals surface area contributed by atoms with Crippen LogP contribution in [0.15, 0.2) is 17.8 Å². The zero-order valence-electron chi connectivity index (χ0n) is 11.1. The molecule has 4 rings (SSSR count). The van der Waals surface area contributed by atoms with Crippen LogP contribution in [0.2, 0.25) is 0 Å². The summed E-state index contributed by atoms with van der Waals surface area (Å²) >= 11 is 1.70. The van der Waals surface area contributed by atoms with Crippen LogP contribution >= 0.6 is 11.3 Å². The highest BCUT2D eigenvalue weighted by Gasteiger charge is 2.38. The maximum atomic E-state index is 4.58. The van der Waals surface area contributed by atoms with Crippen molar-refractivity contribution in [1.82, 2.24) is 14.9 Å². The number of nitrogens with zero attached hydrogens (tertiary/aromatic N) is 4. The van der Waals surface area contributed by atoms with Crippen molar-refractivity contribution in [2.45, 2.75) is 18.9 Å². The van der Waals surface area contributed by atoms with E-state index in [-0.39, 0.29) is 0 Å². The van der Waals surface area contributed by atoms with E-state index in [4.69, 9.17) is 0 Å². The Morgan fingerprint density at radius 3 is 3.11 bits per heavy atom.